The monoisotopic (exact) mass is 442 g/mol. The summed E-state index contributed by atoms with van der Waals surface area (Å²) in [5, 5.41) is 18.2. The number of halogens is 1. The lowest BCUT2D eigenvalue weighted by atomic mass is 9.98. The Morgan fingerprint density at radius 2 is 2.00 bits per heavy atom. The molecule has 10 heteroatoms. The van der Waals surface area contributed by atoms with E-state index in [4.69, 9.17) is 5.73 Å². The van der Waals surface area contributed by atoms with E-state index in [2.05, 4.69) is 20.9 Å². The summed E-state index contributed by atoms with van der Waals surface area (Å²) in [6.45, 7) is 3.37. The van der Waals surface area contributed by atoms with Crippen LogP contribution in [0, 0.1) is 5.82 Å². The number of amides is 2. The van der Waals surface area contributed by atoms with Crippen molar-refractivity contribution in [1.29, 1.82) is 0 Å². The molecule has 0 saturated heterocycles. The molecule has 0 aliphatic carbocycles. The largest absolute Gasteiger partial charge is 0.395 e. The predicted molar refractivity (Wildman–Crippen MR) is 123 cm³/mol. The Morgan fingerprint density at radius 1 is 1.25 bits per heavy atom. The molecule has 0 aliphatic rings. The Bertz CT molecular complexity index is 1210. The number of fused-ring (bicyclic) bond motifs is 1. The molecule has 0 fully saturated rings. The van der Waals surface area contributed by atoms with Gasteiger partial charge in [0.25, 0.3) is 5.56 Å². The number of nitrogens with two attached hydrogens (primary N) is 1. The number of urea groups is 1. The summed E-state index contributed by atoms with van der Waals surface area (Å²) < 4.78 is 16.1. The molecule has 0 saturated carbocycles. The van der Waals surface area contributed by atoms with Crippen molar-refractivity contribution in [2.45, 2.75) is 33.0 Å². The molecule has 2 heterocycles. The zero-order chi connectivity index (χ0) is 23.4. The second-order valence-corrected chi connectivity index (χ2v) is 7.56. The summed E-state index contributed by atoms with van der Waals surface area (Å²) in [4.78, 5) is 29.8. The molecular formula is C22H27FN6O3. The van der Waals surface area contributed by atoms with Crippen LogP contribution in [0.5, 0.6) is 0 Å². The molecule has 0 atom stereocenters. The minimum atomic E-state index is -0.662. The molecule has 0 unspecified atom stereocenters. The van der Waals surface area contributed by atoms with Crippen LogP contribution in [0.4, 0.5) is 20.7 Å². The van der Waals surface area contributed by atoms with Crippen molar-refractivity contribution in [1.82, 2.24) is 14.9 Å². The smallest absolute Gasteiger partial charge is 0.319 e. The van der Waals surface area contributed by atoms with Crippen molar-refractivity contribution in [2.75, 3.05) is 24.3 Å². The van der Waals surface area contributed by atoms with Crippen molar-refractivity contribution in [3.63, 3.8) is 0 Å². The second kappa shape index (κ2) is 9.75. The number of carbonyl (C=O) groups is 1. The second-order valence-electron chi connectivity index (χ2n) is 7.56. The number of anilines is 2. The fraction of sp³-hybridized carbons (Fsp3) is 0.318. The highest BCUT2D eigenvalue weighted by atomic mass is 19.1. The van der Waals surface area contributed by atoms with Crippen LogP contribution in [0.25, 0.3) is 22.0 Å². The van der Waals surface area contributed by atoms with E-state index < -0.39 is 11.8 Å². The van der Waals surface area contributed by atoms with Gasteiger partial charge in [0.05, 0.1) is 17.8 Å². The van der Waals surface area contributed by atoms with E-state index in [1.54, 1.807) is 39.2 Å². The van der Waals surface area contributed by atoms with Gasteiger partial charge in [0.2, 0.25) is 0 Å². The summed E-state index contributed by atoms with van der Waals surface area (Å²) in [5.74, 6) is -0.0895. The van der Waals surface area contributed by atoms with Crippen molar-refractivity contribution in [3.05, 3.63) is 52.2 Å². The van der Waals surface area contributed by atoms with E-state index in [-0.39, 0.29) is 42.5 Å². The zero-order valence-electron chi connectivity index (χ0n) is 18.2. The lowest BCUT2D eigenvalue weighted by Crippen LogP contribution is -2.34. The van der Waals surface area contributed by atoms with E-state index >= 15 is 0 Å². The minimum absolute atomic E-state index is 0.0147. The third-order valence-corrected chi connectivity index (χ3v) is 4.93. The molecule has 0 radical (unpaired) electrons. The van der Waals surface area contributed by atoms with Gasteiger partial charge < -0.3 is 31.4 Å². The van der Waals surface area contributed by atoms with Gasteiger partial charge in [-0.25, -0.2) is 14.2 Å². The highest BCUT2D eigenvalue weighted by molar-refractivity contribution is 5.91. The maximum absolute atomic E-state index is 14.6. The van der Waals surface area contributed by atoms with Gasteiger partial charge >= 0.3 is 6.03 Å². The lowest BCUT2D eigenvalue weighted by molar-refractivity contribution is 0.250. The Balaban J connectivity index is 2.22. The SMILES string of the molecule is CNc1cc2c(cn1)cc(-c1cc(NC(=O)NC(C)C)c(F)cc1CN)c(=O)n2CCO. The van der Waals surface area contributed by atoms with E-state index in [1.807, 2.05) is 0 Å². The molecule has 3 rings (SSSR count). The maximum Gasteiger partial charge on any atom is 0.319 e. The average molecular weight is 442 g/mol. The number of aromatic nitrogens is 2. The van der Waals surface area contributed by atoms with Crippen molar-refractivity contribution in [2.24, 2.45) is 5.73 Å². The average Bonchev–Trinajstić information content (AvgIpc) is 2.75. The number of carbonyl (C=O) groups excluding carboxylic acids is 1. The summed E-state index contributed by atoms with van der Waals surface area (Å²) >= 11 is 0. The van der Waals surface area contributed by atoms with Gasteiger partial charge in [-0.15, -0.1) is 0 Å². The normalized spacial score (nSPS) is 11.1. The van der Waals surface area contributed by atoms with Gasteiger partial charge in [-0.05, 0) is 43.2 Å². The van der Waals surface area contributed by atoms with Crippen LogP contribution in [-0.4, -0.2) is 40.4 Å². The first-order valence-corrected chi connectivity index (χ1v) is 10.2. The van der Waals surface area contributed by atoms with Crippen molar-refractivity contribution in [3.8, 4) is 11.1 Å². The number of hydrogen-bond acceptors (Lipinski definition) is 6. The number of hydrogen-bond donors (Lipinski definition) is 5. The molecule has 0 aliphatic heterocycles. The first kappa shape index (κ1) is 23.2. The topological polar surface area (TPSA) is 134 Å². The predicted octanol–water partition coefficient (Wildman–Crippen LogP) is 2.23. The Hall–Kier alpha value is -3.50. The first-order chi connectivity index (χ1) is 15.3. The summed E-state index contributed by atoms with van der Waals surface area (Å²) in [6, 6.07) is 5.28. The number of benzene rings is 1. The highest BCUT2D eigenvalue weighted by Crippen LogP contribution is 2.29. The lowest BCUT2D eigenvalue weighted by Gasteiger charge is -2.17. The number of aliphatic hydroxyl groups is 1. The van der Waals surface area contributed by atoms with Crippen LogP contribution in [-0.2, 0) is 13.1 Å². The summed E-state index contributed by atoms with van der Waals surface area (Å²) in [6.07, 6.45) is 1.61. The summed E-state index contributed by atoms with van der Waals surface area (Å²) in [5.41, 5.74) is 7.04. The van der Waals surface area contributed by atoms with Gasteiger partial charge in [0.15, 0.2) is 0 Å². The molecule has 3 aromatic rings. The molecule has 6 N–H and O–H groups in total. The fourth-order valence-electron chi connectivity index (χ4n) is 3.47. The number of aliphatic hydroxyl groups excluding tert-OH is 1. The van der Waals surface area contributed by atoms with E-state index in [0.717, 1.165) is 0 Å². The van der Waals surface area contributed by atoms with Gasteiger partial charge in [-0.1, -0.05) is 0 Å². The molecule has 9 nitrogen and oxygen atoms in total. The van der Waals surface area contributed by atoms with Crippen LogP contribution in [0.3, 0.4) is 0 Å². The Labute approximate surface area is 184 Å². The quantitative estimate of drug-likeness (QED) is 0.381. The van der Waals surface area contributed by atoms with Crippen molar-refractivity contribution >= 4 is 28.4 Å². The molecule has 32 heavy (non-hydrogen) atoms. The van der Waals surface area contributed by atoms with Crippen LogP contribution in [0.1, 0.15) is 19.4 Å². The van der Waals surface area contributed by atoms with Gasteiger partial charge in [0, 0.05) is 49.4 Å². The standard InChI is InChI=1S/C22H27FN6O3/c1-12(2)27-22(32)28-18-8-15(13(10-24)7-17(18)23)16-6-14-11-26-20(25-3)9-19(14)29(4-5-30)21(16)31/h6-9,11-12,30H,4-5,10,24H2,1-3H3,(H,25,26)(H2,27,28,32). The number of pyridine rings is 2. The van der Waals surface area contributed by atoms with Crippen LogP contribution < -0.4 is 27.2 Å². The fourth-order valence-corrected chi connectivity index (χ4v) is 3.47. The first-order valence-electron chi connectivity index (χ1n) is 10.2. The van der Waals surface area contributed by atoms with Crippen LogP contribution in [0.15, 0.2) is 35.3 Å². The molecule has 170 valence electrons. The Kier molecular flexibility index (Phi) is 7.06. The number of nitrogens with one attached hydrogen (secondary N) is 3. The molecule has 0 bridgehead atoms. The third-order valence-electron chi connectivity index (χ3n) is 4.93. The van der Waals surface area contributed by atoms with Crippen molar-refractivity contribution < 1.29 is 14.3 Å². The number of rotatable bonds is 7. The van der Waals surface area contributed by atoms with Gasteiger partial charge in [0.1, 0.15) is 11.6 Å². The summed E-state index contributed by atoms with van der Waals surface area (Å²) in [7, 11) is 1.72. The zero-order valence-corrected chi connectivity index (χ0v) is 18.2. The van der Waals surface area contributed by atoms with Crippen LogP contribution >= 0.6 is 0 Å². The Morgan fingerprint density at radius 3 is 2.62 bits per heavy atom. The third kappa shape index (κ3) is 4.71. The molecule has 1 aromatic carbocycles. The molecule has 0 spiro atoms. The maximum atomic E-state index is 14.6. The van der Waals surface area contributed by atoms with E-state index in [0.29, 0.717) is 27.8 Å². The minimum Gasteiger partial charge on any atom is -0.395 e. The van der Waals surface area contributed by atoms with Gasteiger partial charge in [-0.3, -0.25) is 4.79 Å². The molecular weight excluding hydrogens is 415 g/mol. The van der Waals surface area contributed by atoms with Gasteiger partial charge in [-0.2, -0.15) is 0 Å². The molecule has 2 aromatic heterocycles. The highest BCUT2D eigenvalue weighted by Gasteiger charge is 2.18. The van der Waals surface area contributed by atoms with E-state index in [1.165, 1.54) is 16.7 Å². The van der Waals surface area contributed by atoms with Crippen LogP contribution in [0.2, 0.25) is 0 Å². The number of nitrogens with zero attached hydrogens (tertiary/aromatic N) is 2. The molecule has 2 amide bonds. The van der Waals surface area contributed by atoms with E-state index in [9.17, 15) is 19.1 Å².